The third-order valence-electron chi connectivity index (χ3n) is 3.88. The molecule has 0 amide bonds. The van der Waals surface area contributed by atoms with Crippen LogP contribution in [0.1, 0.15) is 31.2 Å². The third kappa shape index (κ3) is 4.70. The van der Waals surface area contributed by atoms with Crippen molar-refractivity contribution in [1.82, 2.24) is 4.90 Å². The van der Waals surface area contributed by atoms with E-state index in [0.29, 0.717) is 11.3 Å². The second-order valence-corrected chi connectivity index (χ2v) is 7.11. The van der Waals surface area contributed by atoms with Crippen molar-refractivity contribution < 1.29 is 8.42 Å². The number of hydrogen-bond donors (Lipinski definition) is 2. The summed E-state index contributed by atoms with van der Waals surface area (Å²) in [4.78, 5) is 2.38. The molecule has 1 aliphatic rings. The minimum atomic E-state index is -3.78. The van der Waals surface area contributed by atoms with E-state index in [0.717, 1.165) is 26.2 Å². The summed E-state index contributed by atoms with van der Waals surface area (Å²) in [6.07, 6.45) is 5.09. The van der Waals surface area contributed by atoms with E-state index >= 15 is 0 Å². The van der Waals surface area contributed by atoms with Crippen LogP contribution in [-0.2, 0) is 10.0 Å². The molecule has 0 atom stereocenters. The highest BCUT2D eigenvalue weighted by molar-refractivity contribution is 7.89. The summed E-state index contributed by atoms with van der Waals surface area (Å²) in [5.41, 5.74) is 0.937. The van der Waals surface area contributed by atoms with E-state index < -0.39 is 10.0 Å². The van der Waals surface area contributed by atoms with E-state index in [1.165, 1.54) is 37.8 Å². The van der Waals surface area contributed by atoms with Crippen LogP contribution in [0.15, 0.2) is 23.1 Å². The summed E-state index contributed by atoms with van der Waals surface area (Å²) < 4.78 is 22.6. The molecule has 7 heteroatoms. The second-order valence-electron chi connectivity index (χ2n) is 5.55. The Hall–Kier alpha value is -1.62. The van der Waals surface area contributed by atoms with Gasteiger partial charge in [0.1, 0.15) is 6.07 Å². The average Bonchev–Trinajstić information content (AvgIpc) is 2.75. The number of nitriles is 1. The molecule has 3 N–H and O–H groups in total. The summed E-state index contributed by atoms with van der Waals surface area (Å²) in [6.45, 7) is 3.89. The zero-order chi connectivity index (χ0) is 16.0. The first-order valence-electron chi connectivity index (χ1n) is 7.54. The molecule has 1 heterocycles. The largest absolute Gasteiger partial charge is 0.383 e. The Morgan fingerprint density at radius 3 is 2.50 bits per heavy atom. The van der Waals surface area contributed by atoms with Gasteiger partial charge in [0, 0.05) is 13.1 Å². The van der Waals surface area contributed by atoms with Gasteiger partial charge in [-0.2, -0.15) is 5.26 Å². The summed E-state index contributed by atoms with van der Waals surface area (Å²) in [6, 6.07) is 6.34. The maximum absolute atomic E-state index is 11.3. The number of nitrogens with one attached hydrogen (secondary N) is 1. The van der Waals surface area contributed by atoms with Gasteiger partial charge in [0.05, 0.1) is 16.1 Å². The number of benzene rings is 1. The number of nitrogens with zero attached hydrogens (tertiary/aromatic N) is 2. The quantitative estimate of drug-likeness (QED) is 0.855. The second kappa shape index (κ2) is 7.58. The number of nitrogens with two attached hydrogens (primary N) is 1. The van der Waals surface area contributed by atoms with Crippen LogP contribution in [0.2, 0.25) is 0 Å². The topological polar surface area (TPSA) is 99.2 Å². The van der Waals surface area contributed by atoms with E-state index in [1.54, 1.807) is 6.07 Å². The first-order chi connectivity index (χ1) is 10.5. The molecule has 1 saturated heterocycles. The molecule has 0 radical (unpaired) electrons. The Balaban J connectivity index is 1.96. The number of likely N-dealkylation sites (tertiary alicyclic amines) is 1. The number of sulfonamides is 1. The van der Waals surface area contributed by atoms with Gasteiger partial charge in [0.15, 0.2) is 0 Å². The van der Waals surface area contributed by atoms with Gasteiger partial charge in [-0.3, -0.25) is 0 Å². The first kappa shape index (κ1) is 16.7. The van der Waals surface area contributed by atoms with E-state index in [4.69, 9.17) is 10.4 Å². The van der Waals surface area contributed by atoms with E-state index in [-0.39, 0.29) is 4.90 Å². The molecule has 1 aromatic carbocycles. The van der Waals surface area contributed by atoms with Gasteiger partial charge in [-0.15, -0.1) is 0 Å². The van der Waals surface area contributed by atoms with Crippen LogP contribution < -0.4 is 10.5 Å². The lowest BCUT2D eigenvalue weighted by Gasteiger charge is -2.20. The molecule has 2 rings (SSSR count). The molecule has 6 nitrogen and oxygen atoms in total. The molecule has 120 valence electrons. The van der Waals surface area contributed by atoms with Crippen molar-refractivity contribution in [2.75, 3.05) is 31.5 Å². The minimum Gasteiger partial charge on any atom is -0.383 e. The molecular formula is C15H22N4O2S. The molecule has 0 bridgehead atoms. The van der Waals surface area contributed by atoms with E-state index in [9.17, 15) is 8.42 Å². The Morgan fingerprint density at radius 2 is 1.91 bits per heavy atom. The lowest BCUT2D eigenvalue weighted by Crippen LogP contribution is -2.30. The standard InChI is InChI=1S/C15H22N4O2S/c16-12-13-11-14(22(17,20)21)5-6-15(13)18-7-10-19-8-3-1-2-4-9-19/h5-6,11,18H,1-4,7-10H2,(H2,17,20,21). The van der Waals surface area contributed by atoms with Crippen molar-refractivity contribution in [3.05, 3.63) is 23.8 Å². The highest BCUT2D eigenvalue weighted by atomic mass is 32.2. The third-order valence-corrected chi connectivity index (χ3v) is 4.79. The maximum atomic E-state index is 11.3. The fourth-order valence-corrected chi connectivity index (χ4v) is 3.20. The zero-order valence-corrected chi connectivity index (χ0v) is 13.4. The van der Waals surface area contributed by atoms with Gasteiger partial charge in [0.2, 0.25) is 10.0 Å². The Bertz CT molecular complexity index is 644. The van der Waals surface area contributed by atoms with Crippen LogP contribution in [0.4, 0.5) is 5.69 Å². The molecular weight excluding hydrogens is 300 g/mol. The smallest absolute Gasteiger partial charge is 0.238 e. The number of hydrogen-bond acceptors (Lipinski definition) is 5. The van der Waals surface area contributed by atoms with Gasteiger partial charge in [-0.25, -0.2) is 13.6 Å². The highest BCUT2D eigenvalue weighted by Gasteiger charge is 2.12. The molecule has 0 aromatic heterocycles. The molecule has 22 heavy (non-hydrogen) atoms. The van der Waals surface area contributed by atoms with Crippen molar-refractivity contribution in [3.8, 4) is 6.07 Å². The van der Waals surface area contributed by atoms with E-state index in [1.807, 2.05) is 6.07 Å². The van der Waals surface area contributed by atoms with Crippen molar-refractivity contribution in [2.24, 2.45) is 5.14 Å². The first-order valence-corrected chi connectivity index (χ1v) is 9.08. The van der Waals surface area contributed by atoms with E-state index in [2.05, 4.69) is 10.2 Å². The average molecular weight is 322 g/mol. The Kier molecular flexibility index (Phi) is 5.77. The normalized spacial score (nSPS) is 16.7. The summed E-state index contributed by atoms with van der Waals surface area (Å²) >= 11 is 0. The number of primary sulfonamides is 1. The Labute approximate surface area is 132 Å². The summed E-state index contributed by atoms with van der Waals surface area (Å²) in [7, 11) is -3.78. The lowest BCUT2D eigenvalue weighted by molar-refractivity contribution is 0.296. The lowest BCUT2D eigenvalue weighted by atomic mass is 10.2. The fourth-order valence-electron chi connectivity index (χ4n) is 2.66. The van der Waals surface area contributed by atoms with Crippen molar-refractivity contribution in [1.29, 1.82) is 5.26 Å². The van der Waals surface area contributed by atoms with Gasteiger partial charge in [-0.05, 0) is 44.1 Å². The zero-order valence-electron chi connectivity index (χ0n) is 12.6. The molecule has 0 aliphatic carbocycles. The van der Waals surface area contributed by atoms with Gasteiger partial charge < -0.3 is 10.2 Å². The van der Waals surface area contributed by atoms with Gasteiger partial charge in [0.25, 0.3) is 0 Å². The predicted octanol–water partition coefficient (Wildman–Crippen LogP) is 1.49. The summed E-state index contributed by atoms with van der Waals surface area (Å²) in [5, 5.41) is 17.4. The van der Waals surface area contributed by atoms with Gasteiger partial charge >= 0.3 is 0 Å². The number of rotatable bonds is 5. The molecule has 1 aromatic rings. The van der Waals surface area contributed by atoms with Crippen molar-refractivity contribution in [2.45, 2.75) is 30.6 Å². The molecule has 1 aliphatic heterocycles. The molecule has 1 fully saturated rings. The highest BCUT2D eigenvalue weighted by Crippen LogP contribution is 2.19. The van der Waals surface area contributed by atoms with Crippen LogP contribution in [-0.4, -0.2) is 39.5 Å². The molecule has 0 spiro atoms. The van der Waals surface area contributed by atoms with Crippen LogP contribution in [0, 0.1) is 11.3 Å². The summed E-state index contributed by atoms with van der Waals surface area (Å²) in [5.74, 6) is 0. The van der Waals surface area contributed by atoms with Crippen LogP contribution in [0.5, 0.6) is 0 Å². The maximum Gasteiger partial charge on any atom is 0.238 e. The van der Waals surface area contributed by atoms with Crippen molar-refractivity contribution >= 4 is 15.7 Å². The SMILES string of the molecule is N#Cc1cc(S(N)(=O)=O)ccc1NCCN1CCCCCC1. The van der Waals surface area contributed by atoms with Crippen LogP contribution in [0.3, 0.4) is 0 Å². The molecule has 0 unspecified atom stereocenters. The fraction of sp³-hybridized carbons (Fsp3) is 0.533. The van der Waals surface area contributed by atoms with Crippen molar-refractivity contribution in [3.63, 3.8) is 0 Å². The molecule has 0 saturated carbocycles. The monoisotopic (exact) mass is 322 g/mol. The van der Waals surface area contributed by atoms with Crippen LogP contribution >= 0.6 is 0 Å². The predicted molar refractivity (Wildman–Crippen MR) is 85.9 cm³/mol. The van der Waals surface area contributed by atoms with Crippen LogP contribution in [0.25, 0.3) is 0 Å². The minimum absolute atomic E-state index is 0.0397. The van der Waals surface area contributed by atoms with Gasteiger partial charge in [-0.1, -0.05) is 12.8 Å². The number of anilines is 1. The Morgan fingerprint density at radius 1 is 1.23 bits per heavy atom.